The van der Waals surface area contributed by atoms with Crippen LogP contribution in [-0.2, 0) is 9.59 Å². The molecule has 0 aliphatic carbocycles. The van der Waals surface area contributed by atoms with E-state index >= 15 is 0 Å². The SMILES string of the molecule is CC[C@H](C(=O)Nc1cccc2[nH]cnc12)N1CCCC1=O. The fraction of sp³-hybridized carbons (Fsp3) is 0.400. The lowest BCUT2D eigenvalue weighted by atomic mass is 10.1. The molecule has 6 nitrogen and oxygen atoms in total. The number of hydrogen-bond donors (Lipinski definition) is 2. The van der Waals surface area contributed by atoms with E-state index in [0.29, 0.717) is 25.1 Å². The van der Waals surface area contributed by atoms with Crippen molar-refractivity contribution in [1.29, 1.82) is 0 Å². The molecule has 1 aromatic carbocycles. The summed E-state index contributed by atoms with van der Waals surface area (Å²) in [5.74, 6) is -0.0850. The molecule has 2 N–H and O–H groups in total. The van der Waals surface area contributed by atoms with Crippen molar-refractivity contribution in [2.45, 2.75) is 32.2 Å². The number of anilines is 1. The van der Waals surface area contributed by atoms with E-state index in [-0.39, 0.29) is 11.8 Å². The van der Waals surface area contributed by atoms with Gasteiger partial charge in [0.1, 0.15) is 11.6 Å². The summed E-state index contributed by atoms with van der Waals surface area (Å²) in [6.45, 7) is 2.59. The average Bonchev–Trinajstić information content (AvgIpc) is 3.10. The third kappa shape index (κ3) is 2.49. The Hall–Kier alpha value is -2.37. The maximum Gasteiger partial charge on any atom is 0.247 e. The third-order valence-corrected chi connectivity index (χ3v) is 3.88. The van der Waals surface area contributed by atoms with Crippen LogP contribution < -0.4 is 5.32 Å². The Morgan fingerprint density at radius 2 is 2.38 bits per heavy atom. The number of carbonyl (C=O) groups excluding carboxylic acids is 2. The zero-order valence-corrected chi connectivity index (χ0v) is 11.9. The first kappa shape index (κ1) is 13.6. The van der Waals surface area contributed by atoms with Crippen molar-refractivity contribution in [2.24, 2.45) is 0 Å². The Kier molecular flexibility index (Phi) is 3.60. The van der Waals surface area contributed by atoms with Crippen LogP contribution in [0.4, 0.5) is 5.69 Å². The highest BCUT2D eigenvalue weighted by Crippen LogP contribution is 2.22. The Bertz CT molecular complexity index is 679. The minimum absolute atomic E-state index is 0.0648. The monoisotopic (exact) mass is 286 g/mol. The molecule has 21 heavy (non-hydrogen) atoms. The summed E-state index contributed by atoms with van der Waals surface area (Å²) in [7, 11) is 0. The number of nitrogens with one attached hydrogen (secondary N) is 2. The number of aromatic amines is 1. The molecule has 1 atom stereocenters. The predicted octanol–water partition coefficient (Wildman–Crippen LogP) is 1.90. The van der Waals surface area contributed by atoms with Crippen molar-refractivity contribution in [2.75, 3.05) is 11.9 Å². The second kappa shape index (κ2) is 5.55. The molecule has 1 saturated heterocycles. The summed E-state index contributed by atoms with van der Waals surface area (Å²) >= 11 is 0. The maximum atomic E-state index is 12.5. The summed E-state index contributed by atoms with van der Waals surface area (Å²) in [6, 6.07) is 5.17. The minimum Gasteiger partial charge on any atom is -0.345 e. The van der Waals surface area contributed by atoms with Crippen LogP contribution in [0.15, 0.2) is 24.5 Å². The number of benzene rings is 1. The van der Waals surface area contributed by atoms with Crippen LogP contribution >= 0.6 is 0 Å². The van der Waals surface area contributed by atoms with Crippen molar-refractivity contribution in [1.82, 2.24) is 14.9 Å². The van der Waals surface area contributed by atoms with Gasteiger partial charge in [0.2, 0.25) is 11.8 Å². The molecule has 3 rings (SSSR count). The van der Waals surface area contributed by atoms with Crippen molar-refractivity contribution < 1.29 is 9.59 Å². The van der Waals surface area contributed by atoms with Gasteiger partial charge in [-0.3, -0.25) is 9.59 Å². The molecule has 6 heteroatoms. The molecular formula is C15H18N4O2. The molecule has 110 valence electrons. The zero-order valence-electron chi connectivity index (χ0n) is 11.9. The first-order valence-corrected chi connectivity index (χ1v) is 7.23. The number of hydrogen-bond acceptors (Lipinski definition) is 3. The molecule has 0 saturated carbocycles. The number of fused-ring (bicyclic) bond motifs is 1. The van der Waals surface area contributed by atoms with Crippen LogP contribution in [0.25, 0.3) is 11.0 Å². The topological polar surface area (TPSA) is 78.1 Å². The molecule has 1 aliphatic rings. The van der Waals surface area contributed by atoms with E-state index in [1.807, 2.05) is 25.1 Å². The van der Waals surface area contributed by atoms with E-state index in [4.69, 9.17) is 0 Å². The summed E-state index contributed by atoms with van der Waals surface area (Å²) < 4.78 is 0. The second-order valence-corrected chi connectivity index (χ2v) is 5.21. The Labute approximate surface area is 122 Å². The first-order chi connectivity index (χ1) is 10.2. The number of imidazole rings is 1. The number of para-hydroxylation sites is 1. The van der Waals surface area contributed by atoms with Crippen LogP contribution in [-0.4, -0.2) is 39.3 Å². The minimum atomic E-state index is -0.408. The number of likely N-dealkylation sites (tertiary alicyclic amines) is 1. The zero-order chi connectivity index (χ0) is 14.8. The predicted molar refractivity (Wildman–Crippen MR) is 79.7 cm³/mol. The van der Waals surface area contributed by atoms with Gasteiger partial charge in [-0.25, -0.2) is 4.98 Å². The standard InChI is InChI=1S/C15H18N4O2/c1-2-12(19-8-4-7-13(19)20)15(21)18-11-6-3-5-10-14(11)17-9-16-10/h3,5-6,9,12H,2,4,7-8H2,1H3,(H,16,17)(H,18,21)/t12-/m1/s1. The van der Waals surface area contributed by atoms with Gasteiger partial charge >= 0.3 is 0 Å². The van der Waals surface area contributed by atoms with E-state index in [9.17, 15) is 9.59 Å². The summed E-state index contributed by atoms with van der Waals surface area (Å²) in [4.78, 5) is 33.2. The van der Waals surface area contributed by atoms with Crippen LogP contribution in [0.1, 0.15) is 26.2 Å². The Morgan fingerprint density at radius 3 is 3.10 bits per heavy atom. The largest absolute Gasteiger partial charge is 0.345 e. The average molecular weight is 286 g/mol. The molecule has 1 aromatic heterocycles. The highest BCUT2D eigenvalue weighted by atomic mass is 16.2. The van der Waals surface area contributed by atoms with Crippen molar-refractivity contribution >= 4 is 28.5 Å². The molecule has 1 aliphatic heterocycles. The maximum absolute atomic E-state index is 12.5. The highest BCUT2D eigenvalue weighted by molar-refractivity contribution is 6.02. The van der Waals surface area contributed by atoms with E-state index in [1.54, 1.807) is 11.2 Å². The fourth-order valence-electron chi connectivity index (χ4n) is 2.83. The van der Waals surface area contributed by atoms with E-state index in [2.05, 4.69) is 15.3 Å². The molecule has 0 unspecified atom stereocenters. The first-order valence-electron chi connectivity index (χ1n) is 7.23. The van der Waals surface area contributed by atoms with Gasteiger partial charge in [0.05, 0.1) is 17.5 Å². The summed E-state index contributed by atoms with van der Waals surface area (Å²) in [6.07, 6.45) is 3.58. The lowest BCUT2D eigenvalue weighted by molar-refractivity contribution is -0.135. The molecule has 2 aromatic rings. The summed E-state index contributed by atoms with van der Waals surface area (Å²) in [5, 5.41) is 2.90. The van der Waals surface area contributed by atoms with E-state index in [0.717, 1.165) is 17.5 Å². The van der Waals surface area contributed by atoms with Gasteiger partial charge < -0.3 is 15.2 Å². The van der Waals surface area contributed by atoms with Gasteiger partial charge in [-0.2, -0.15) is 0 Å². The Balaban J connectivity index is 1.81. The number of amides is 2. The summed E-state index contributed by atoms with van der Waals surface area (Å²) in [5.41, 5.74) is 2.27. The number of rotatable bonds is 4. The van der Waals surface area contributed by atoms with Gasteiger partial charge in [-0.05, 0) is 25.0 Å². The number of aromatic nitrogens is 2. The number of nitrogens with zero attached hydrogens (tertiary/aromatic N) is 2. The third-order valence-electron chi connectivity index (χ3n) is 3.88. The van der Waals surface area contributed by atoms with Crippen LogP contribution in [0.5, 0.6) is 0 Å². The molecule has 0 bridgehead atoms. The second-order valence-electron chi connectivity index (χ2n) is 5.21. The lowest BCUT2D eigenvalue weighted by Gasteiger charge is -2.25. The quantitative estimate of drug-likeness (QED) is 0.901. The van der Waals surface area contributed by atoms with Crippen molar-refractivity contribution in [3.8, 4) is 0 Å². The van der Waals surface area contributed by atoms with Crippen LogP contribution in [0, 0.1) is 0 Å². The number of carbonyl (C=O) groups is 2. The van der Waals surface area contributed by atoms with Crippen LogP contribution in [0.3, 0.4) is 0 Å². The fourth-order valence-corrected chi connectivity index (χ4v) is 2.83. The molecule has 0 spiro atoms. The highest BCUT2D eigenvalue weighted by Gasteiger charge is 2.31. The van der Waals surface area contributed by atoms with E-state index < -0.39 is 6.04 Å². The molecular weight excluding hydrogens is 268 g/mol. The van der Waals surface area contributed by atoms with Crippen molar-refractivity contribution in [3.63, 3.8) is 0 Å². The molecule has 1 fully saturated rings. The number of H-pyrrole nitrogens is 1. The molecule has 2 amide bonds. The lowest BCUT2D eigenvalue weighted by Crippen LogP contribution is -2.44. The normalized spacial score (nSPS) is 16.4. The molecule has 0 radical (unpaired) electrons. The van der Waals surface area contributed by atoms with Crippen molar-refractivity contribution in [3.05, 3.63) is 24.5 Å². The van der Waals surface area contributed by atoms with Gasteiger partial charge in [-0.1, -0.05) is 13.0 Å². The van der Waals surface area contributed by atoms with Gasteiger partial charge in [0, 0.05) is 13.0 Å². The van der Waals surface area contributed by atoms with Gasteiger partial charge in [0.15, 0.2) is 0 Å². The van der Waals surface area contributed by atoms with E-state index in [1.165, 1.54) is 0 Å². The molecule has 2 heterocycles. The van der Waals surface area contributed by atoms with Gasteiger partial charge in [-0.15, -0.1) is 0 Å². The Morgan fingerprint density at radius 1 is 1.52 bits per heavy atom. The van der Waals surface area contributed by atoms with Crippen LogP contribution in [0.2, 0.25) is 0 Å². The van der Waals surface area contributed by atoms with Gasteiger partial charge in [0.25, 0.3) is 0 Å². The smallest absolute Gasteiger partial charge is 0.247 e.